The van der Waals surface area contributed by atoms with Gasteiger partial charge in [-0.05, 0) is 38.8 Å². The molecule has 1 atom stereocenters. The Kier molecular flexibility index (Phi) is 6.45. The maximum Gasteiger partial charge on any atom is 0.0638 e. The lowest BCUT2D eigenvalue weighted by Crippen LogP contribution is -2.53. The van der Waals surface area contributed by atoms with Crippen LogP contribution in [-0.4, -0.2) is 43.4 Å². The zero-order chi connectivity index (χ0) is 12.7. The van der Waals surface area contributed by atoms with Gasteiger partial charge in [0.1, 0.15) is 0 Å². The van der Waals surface area contributed by atoms with Crippen LogP contribution < -0.4 is 0 Å². The van der Waals surface area contributed by atoms with E-state index in [4.69, 9.17) is 5.11 Å². The van der Waals surface area contributed by atoms with Gasteiger partial charge in [0.25, 0.3) is 0 Å². The summed E-state index contributed by atoms with van der Waals surface area (Å²) in [7, 11) is -1.03. The number of rotatable bonds is 6. The zero-order valence-electron chi connectivity index (χ0n) is 11.8. The first-order valence-corrected chi connectivity index (χ1v) is 10.6. The van der Waals surface area contributed by atoms with Gasteiger partial charge in [-0.2, -0.15) is 0 Å². The fourth-order valence-corrected chi connectivity index (χ4v) is 5.27. The van der Waals surface area contributed by atoms with Crippen LogP contribution >= 0.6 is 0 Å². The van der Waals surface area contributed by atoms with Gasteiger partial charge in [-0.15, -0.1) is 0 Å². The van der Waals surface area contributed by atoms with Crippen LogP contribution in [-0.2, 0) is 0 Å². The van der Waals surface area contributed by atoms with E-state index in [0.717, 1.165) is 12.1 Å². The van der Waals surface area contributed by atoms with Crippen molar-refractivity contribution < 1.29 is 5.11 Å². The number of unbranched alkanes of at least 4 members (excludes halogenated alkanes) is 1. The Labute approximate surface area is 108 Å². The molecule has 0 amide bonds. The molecule has 1 saturated heterocycles. The molecule has 0 saturated carbocycles. The summed E-state index contributed by atoms with van der Waals surface area (Å²) in [5, 5.41) is 8.67. The van der Waals surface area contributed by atoms with Gasteiger partial charge in [-0.3, -0.25) is 0 Å². The van der Waals surface area contributed by atoms with Crippen LogP contribution in [0.15, 0.2) is 12.2 Å². The van der Waals surface area contributed by atoms with Gasteiger partial charge in [-0.1, -0.05) is 38.2 Å². The van der Waals surface area contributed by atoms with Crippen molar-refractivity contribution in [3.8, 4) is 0 Å². The molecule has 1 N–H and O–H groups in total. The summed E-state index contributed by atoms with van der Waals surface area (Å²) < 4.78 is 0. The Morgan fingerprint density at radius 2 is 2.00 bits per heavy atom. The summed E-state index contributed by atoms with van der Waals surface area (Å²) in [6.07, 6.45) is 10.5. The third-order valence-electron chi connectivity index (χ3n) is 3.70. The minimum Gasteiger partial charge on any atom is -0.392 e. The lowest BCUT2D eigenvalue weighted by atomic mass is 10.1. The maximum atomic E-state index is 8.67. The fraction of sp³-hybridized carbons (Fsp3) is 0.857. The number of allylic oxidation sites excluding steroid dienone is 1. The van der Waals surface area contributed by atoms with Crippen molar-refractivity contribution in [1.82, 2.24) is 4.90 Å². The standard InChI is InChI=1S/C14H29NOSi/c1-17(2,3)14-10-6-8-12-15(14)11-7-4-5-9-13-16/h5,9,14,16H,4,6-8,10-13H2,1-3H3/b9-5-. The SMILES string of the molecule is C[Si](C)(C)C1CCCCN1CCC/C=C\CO. The van der Waals surface area contributed by atoms with Crippen LogP contribution in [0.25, 0.3) is 0 Å². The summed E-state index contributed by atoms with van der Waals surface area (Å²) in [4.78, 5) is 2.74. The van der Waals surface area contributed by atoms with Crippen LogP contribution in [0.4, 0.5) is 0 Å². The number of piperidine rings is 1. The molecule has 0 aromatic carbocycles. The third kappa shape index (κ3) is 5.36. The summed E-state index contributed by atoms with van der Waals surface area (Å²) >= 11 is 0. The molecule has 1 aliphatic rings. The first kappa shape index (κ1) is 14.9. The van der Waals surface area contributed by atoms with E-state index in [1.165, 1.54) is 38.8 Å². The van der Waals surface area contributed by atoms with Crippen molar-refractivity contribution >= 4 is 8.07 Å². The normalized spacial score (nSPS) is 23.4. The van der Waals surface area contributed by atoms with Crippen LogP contribution in [0.1, 0.15) is 32.1 Å². The number of aliphatic hydroxyl groups is 1. The first-order chi connectivity index (χ1) is 8.05. The molecule has 0 radical (unpaired) electrons. The van der Waals surface area contributed by atoms with E-state index in [2.05, 4.69) is 30.6 Å². The van der Waals surface area contributed by atoms with Gasteiger partial charge in [-0.25, -0.2) is 0 Å². The van der Waals surface area contributed by atoms with E-state index in [-0.39, 0.29) is 6.61 Å². The second-order valence-electron chi connectivity index (χ2n) is 6.21. The monoisotopic (exact) mass is 255 g/mol. The van der Waals surface area contributed by atoms with Crippen LogP contribution in [0, 0.1) is 0 Å². The smallest absolute Gasteiger partial charge is 0.0638 e. The predicted molar refractivity (Wildman–Crippen MR) is 78.0 cm³/mol. The lowest BCUT2D eigenvalue weighted by molar-refractivity contribution is 0.192. The summed E-state index contributed by atoms with van der Waals surface area (Å²) in [5.74, 6) is 0. The van der Waals surface area contributed by atoms with Gasteiger partial charge in [0.2, 0.25) is 0 Å². The average molecular weight is 255 g/mol. The molecular formula is C14H29NOSi. The molecule has 0 bridgehead atoms. The van der Waals surface area contributed by atoms with E-state index in [1.54, 1.807) is 0 Å². The highest BCUT2D eigenvalue weighted by Gasteiger charge is 2.33. The van der Waals surface area contributed by atoms with E-state index in [1.807, 2.05) is 6.08 Å². The molecule has 17 heavy (non-hydrogen) atoms. The Morgan fingerprint density at radius 3 is 2.65 bits per heavy atom. The van der Waals surface area contributed by atoms with Crippen LogP contribution in [0.5, 0.6) is 0 Å². The van der Waals surface area contributed by atoms with E-state index in [9.17, 15) is 0 Å². The topological polar surface area (TPSA) is 23.5 Å². The van der Waals surface area contributed by atoms with Crippen LogP contribution in [0.3, 0.4) is 0 Å². The minimum atomic E-state index is -1.03. The summed E-state index contributed by atoms with van der Waals surface area (Å²) in [5.41, 5.74) is 0.887. The summed E-state index contributed by atoms with van der Waals surface area (Å²) in [6.45, 7) is 10.2. The average Bonchev–Trinajstić information content (AvgIpc) is 2.28. The maximum absolute atomic E-state index is 8.67. The number of hydrogen-bond acceptors (Lipinski definition) is 2. The quantitative estimate of drug-likeness (QED) is 0.448. The molecule has 3 heteroatoms. The highest BCUT2D eigenvalue weighted by atomic mass is 28.3. The highest BCUT2D eigenvalue weighted by Crippen LogP contribution is 2.25. The number of likely N-dealkylation sites (tertiary alicyclic amines) is 1. The fourth-order valence-electron chi connectivity index (χ4n) is 2.84. The molecule has 2 nitrogen and oxygen atoms in total. The molecule has 1 aliphatic heterocycles. The number of aliphatic hydroxyl groups excluding tert-OH is 1. The molecular weight excluding hydrogens is 226 g/mol. The molecule has 1 heterocycles. The van der Waals surface area contributed by atoms with Gasteiger partial charge in [0.05, 0.1) is 14.7 Å². The Hall–Kier alpha value is -0.123. The van der Waals surface area contributed by atoms with Gasteiger partial charge >= 0.3 is 0 Å². The summed E-state index contributed by atoms with van der Waals surface area (Å²) in [6, 6.07) is 0. The van der Waals surface area contributed by atoms with Crippen molar-refractivity contribution in [2.45, 2.75) is 57.4 Å². The largest absolute Gasteiger partial charge is 0.392 e. The van der Waals surface area contributed by atoms with Gasteiger partial charge < -0.3 is 10.0 Å². The molecule has 1 unspecified atom stereocenters. The lowest BCUT2D eigenvalue weighted by Gasteiger charge is -2.42. The molecule has 0 aromatic rings. The Balaban J connectivity index is 2.35. The second-order valence-corrected chi connectivity index (χ2v) is 11.6. The van der Waals surface area contributed by atoms with Crippen molar-refractivity contribution in [3.63, 3.8) is 0 Å². The number of hydrogen-bond donors (Lipinski definition) is 1. The molecule has 1 rings (SSSR count). The molecule has 100 valence electrons. The highest BCUT2D eigenvalue weighted by molar-refractivity contribution is 6.77. The molecule has 1 fully saturated rings. The van der Waals surface area contributed by atoms with Crippen molar-refractivity contribution in [1.29, 1.82) is 0 Å². The van der Waals surface area contributed by atoms with Gasteiger partial charge in [0, 0.05) is 5.67 Å². The molecule has 0 spiro atoms. The van der Waals surface area contributed by atoms with Crippen molar-refractivity contribution in [2.24, 2.45) is 0 Å². The molecule has 0 aromatic heterocycles. The second kappa shape index (κ2) is 7.34. The first-order valence-electron chi connectivity index (χ1n) is 7.05. The van der Waals surface area contributed by atoms with E-state index >= 15 is 0 Å². The molecule has 0 aliphatic carbocycles. The Morgan fingerprint density at radius 1 is 1.24 bits per heavy atom. The van der Waals surface area contributed by atoms with E-state index in [0.29, 0.717) is 0 Å². The number of nitrogens with zero attached hydrogens (tertiary/aromatic N) is 1. The van der Waals surface area contributed by atoms with E-state index < -0.39 is 8.07 Å². The Bertz CT molecular complexity index is 235. The van der Waals surface area contributed by atoms with Crippen LogP contribution in [0.2, 0.25) is 19.6 Å². The van der Waals surface area contributed by atoms with Crippen molar-refractivity contribution in [3.05, 3.63) is 12.2 Å². The van der Waals surface area contributed by atoms with Gasteiger partial charge in [0.15, 0.2) is 0 Å². The minimum absolute atomic E-state index is 0.182. The zero-order valence-corrected chi connectivity index (χ0v) is 12.8. The predicted octanol–water partition coefficient (Wildman–Crippen LogP) is 3.05. The van der Waals surface area contributed by atoms with Crippen molar-refractivity contribution in [2.75, 3.05) is 19.7 Å². The third-order valence-corrected chi connectivity index (χ3v) is 6.35.